The number of benzene rings is 1. The zero-order valence-electron chi connectivity index (χ0n) is 13.3. The van der Waals surface area contributed by atoms with E-state index in [1.165, 1.54) is 13.3 Å². The number of alkyl halides is 3. The van der Waals surface area contributed by atoms with Crippen molar-refractivity contribution >= 4 is 17.4 Å². The number of H-pyrrole nitrogens is 1. The number of fused-ring (bicyclic) bond motifs is 2. The third kappa shape index (κ3) is 2.16. The third-order valence-electron chi connectivity index (χ3n) is 4.27. The van der Waals surface area contributed by atoms with Crippen LogP contribution in [0.15, 0.2) is 26.7 Å². The number of nitrogens with one attached hydrogen (secondary N) is 1. The molecule has 26 heavy (non-hydrogen) atoms. The average molecular weight is 364 g/mol. The normalized spacial score (nSPS) is 13.5. The van der Waals surface area contributed by atoms with Gasteiger partial charge in [0.1, 0.15) is 0 Å². The van der Waals surface area contributed by atoms with Gasteiger partial charge in [-0.25, -0.2) is 14.5 Å². The second kappa shape index (κ2) is 5.07. The summed E-state index contributed by atoms with van der Waals surface area (Å²) in [7, 11) is 1.37. The molecule has 0 aliphatic carbocycles. The Hall–Kier alpha value is -3.37. The molecule has 11 heteroatoms. The van der Waals surface area contributed by atoms with Gasteiger partial charge in [0.05, 0.1) is 12.1 Å². The van der Waals surface area contributed by atoms with E-state index in [2.05, 4.69) is 15.0 Å². The zero-order valence-corrected chi connectivity index (χ0v) is 13.3. The molecule has 3 N–H and O–H groups in total. The molecule has 8 nitrogen and oxygen atoms in total. The minimum absolute atomic E-state index is 0.0302. The van der Waals surface area contributed by atoms with Crippen LogP contribution < -0.4 is 17.1 Å². The van der Waals surface area contributed by atoms with Gasteiger partial charge in [-0.2, -0.15) is 13.2 Å². The Bertz CT molecular complexity index is 1220. The maximum absolute atomic E-state index is 13.2. The van der Waals surface area contributed by atoms with Crippen LogP contribution >= 0.6 is 0 Å². The highest BCUT2D eigenvalue weighted by Gasteiger charge is 2.33. The standard InChI is InChI=1S/C15H11F3N6O2/c1-23-12-10(13(25)22-14(23)26)24(19)11(21-12)8-3-7(15(16,17)18)2-6-4-20-5-9(6)8/h2-3,5H,4,19H2,1H3,(H,22,25,26). The molecule has 4 rings (SSSR count). The molecule has 1 aromatic carbocycles. The maximum Gasteiger partial charge on any atom is 0.416 e. The van der Waals surface area contributed by atoms with Crippen LogP contribution in [0.25, 0.3) is 22.6 Å². The summed E-state index contributed by atoms with van der Waals surface area (Å²) in [6, 6.07) is 1.94. The number of hydrogen-bond donors (Lipinski definition) is 2. The molecule has 134 valence electrons. The highest BCUT2D eigenvalue weighted by molar-refractivity contribution is 5.94. The van der Waals surface area contributed by atoms with Crippen LogP contribution in [0.2, 0.25) is 0 Å². The molecule has 0 bridgehead atoms. The summed E-state index contributed by atoms with van der Waals surface area (Å²) in [5.74, 6) is 5.87. The lowest BCUT2D eigenvalue weighted by Crippen LogP contribution is -2.30. The number of aromatic amines is 1. The predicted octanol–water partition coefficient (Wildman–Crippen LogP) is 0.755. The van der Waals surface area contributed by atoms with Crippen molar-refractivity contribution in [3.63, 3.8) is 0 Å². The number of aryl methyl sites for hydroxylation is 1. The number of rotatable bonds is 1. The van der Waals surface area contributed by atoms with Gasteiger partial charge in [0.15, 0.2) is 17.0 Å². The van der Waals surface area contributed by atoms with Crippen LogP contribution in [0.3, 0.4) is 0 Å². The van der Waals surface area contributed by atoms with Crippen molar-refractivity contribution in [1.82, 2.24) is 19.2 Å². The summed E-state index contributed by atoms with van der Waals surface area (Å²) in [5, 5.41) is 0. The number of imidazole rings is 1. The van der Waals surface area contributed by atoms with E-state index in [0.717, 1.165) is 21.4 Å². The van der Waals surface area contributed by atoms with Gasteiger partial charge in [0, 0.05) is 24.4 Å². The Morgan fingerprint density at radius 1 is 1.27 bits per heavy atom. The Labute approximate surface area is 142 Å². The zero-order chi connectivity index (χ0) is 18.8. The van der Waals surface area contributed by atoms with E-state index in [4.69, 9.17) is 5.84 Å². The molecule has 3 aromatic rings. The summed E-state index contributed by atoms with van der Waals surface area (Å²) >= 11 is 0. The highest BCUT2D eigenvalue weighted by atomic mass is 19.4. The van der Waals surface area contributed by atoms with Crippen molar-refractivity contribution in [3.05, 3.63) is 49.7 Å². The lowest BCUT2D eigenvalue weighted by Gasteiger charge is -2.12. The van der Waals surface area contributed by atoms with Gasteiger partial charge >= 0.3 is 11.9 Å². The number of nitrogens with two attached hydrogens (primary N) is 1. The minimum Gasteiger partial charge on any atom is -0.337 e. The summed E-state index contributed by atoms with van der Waals surface area (Å²) in [6.07, 6.45) is -3.13. The smallest absolute Gasteiger partial charge is 0.337 e. The summed E-state index contributed by atoms with van der Waals surface area (Å²) in [4.78, 5) is 34.0. The van der Waals surface area contributed by atoms with Crippen LogP contribution in [-0.2, 0) is 19.8 Å². The average Bonchev–Trinajstić information content (AvgIpc) is 3.15. The van der Waals surface area contributed by atoms with Crippen molar-refractivity contribution in [1.29, 1.82) is 0 Å². The Kier molecular flexibility index (Phi) is 3.14. The number of halogens is 3. The van der Waals surface area contributed by atoms with Gasteiger partial charge in [0.2, 0.25) is 0 Å². The minimum atomic E-state index is -4.57. The van der Waals surface area contributed by atoms with Gasteiger partial charge in [-0.3, -0.25) is 19.3 Å². The Morgan fingerprint density at radius 2 is 2.00 bits per heavy atom. The quantitative estimate of drug-likeness (QED) is 0.621. The van der Waals surface area contributed by atoms with Crippen LogP contribution in [0.4, 0.5) is 13.2 Å². The Balaban J connectivity index is 2.10. The first-order valence-electron chi connectivity index (χ1n) is 7.39. The van der Waals surface area contributed by atoms with Crippen LogP contribution in [0.5, 0.6) is 0 Å². The second-order valence-electron chi connectivity index (χ2n) is 5.86. The molecule has 0 saturated carbocycles. The second-order valence-corrected chi connectivity index (χ2v) is 5.86. The summed E-state index contributed by atoms with van der Waals surface area (Å²) in [5.41, 5.74) is -1.59. The monoisotopic (exact) mass is 364 g/mol. The SMILES string of the molecule is Cn1c(=O)[nH]c(=O)c2c1nc(-c1cc(C(F)(F)F)cc3c1C=NC3)n2N. The molecule has 0 amide bonds. The molecule has 0 unspecified atom stereocenters. The fourth-order valence-corrected chi connectivity index (χ4v) is 2.97. The van der Waals surface area contributed by atoms with E-state index in [1.54, 1.807) is 0 Å². The first-order chi connectivity index (χ1) is 12.2. The first-order valence-corrected chi connectivity index (χ1v) is 7.39. The molecular formula is C15H11F3N6O2. The van der Waals surface area contributed by atoms with Gasteiger partial charge in [0.25, 0.3) is 5.56 Å². The Morgan fingerprint density at radius 3 is 2.69 bits per heavy atom. The van der Waals surface area contributed by atoms with Crippen molar-refractivity contribution < 1.29 is 13.2 Å². The van der Waals surface area contributed by atoms with E-state index < -0.39 is 23.0 Å². The molecule has 1 aliphatic rings. The molecule has 0 atom stereocenters. The van der Waals surface area contributed by atoms with Crippen molar-refractivity contribution in [2.24, 2.45) is 12.0 Å². The molecule has 0 radical (unpaired) electrons. The van der Waals surface area contributed by atoms with E-state index in [1.807, 2.05) is 0 Å². The van der Waals surface area contributed by atoms with Gasteiger partial charge < -0.3 is 5.84 Å². The third-order valence-corrected chi connectivity index (χ3v) is 4.27. The highest BCUT2D eigenvalue weighted by Crippen LogP contribution is 2.36. The molecule has 3 heterocycles. The summed E-state index contributed by atoms with van der Waals surface area (Å²) in [6.45, 7) is 0.107. The fraction of sp³-hybridized carbons (Fsp3) is 0.200. The van der Waals surface area contributed by atoms with E-state index in [-0.39, 0.29) is 29.1 Å². The largest absolute Gasteiger partial charge is 0.416 e. The van der Waals surface area contributed by atoms with Crippen molar-refractivity contribution in [3.8, 4) is 11.4 Å². The van der Waals surface area contributed by atoms with E-state index in [9.17, 15) is 22.8 Å². The number of nitrogens with zero attached hydrogens (tertiary/aromatic N) is 4. The number of aromatic nitrogens is 4. The van der Waals surface area contributed by atoms with Crippen LogP contribution in [0.1, 0.15) is 16.7 Å². The number of hydrogen-bond acceptors (Lipinski definition) is 5. The molecule has 0 spiro atoms. The number of nitrogen functional groups attached to an aromatic ring is 1. The van der Waals surface area contributed by atoms with Crippen LogP contribution in [-0.4, -0.2) is 25.4 Å². The summed E-state index contributed by atoms with van der Waals surface area (Å²) < 4.78 is 41.7. The van der Waals surface area contributed by atoms with Gasteiger partial charge in [-0.15, -0.1) is 0 Å². The van der Waals surface area contributed by atoms with E-state index >= 15 is 0 Å². The van der Waals surface area contributed by atoms with E-state index in [0.29, 0.717) is 11.1 Å². The van der Waals surface area contributed by atoms with Crippen molar-refractivity contribution in [2.75, 3.05) is 5.84 Å². The van der Waals surface area contributed by atoms with Crippen molar-refractivity contribution in [2.45, 2.75) is 12.7 Å². The topological polar surface area (TPSA) is 111 Å². The van der Waals surface area contributed by atoms with Crippen LogP contribution in [0, 0.1) is 0 Å². The first kappa shape index (κ1) is 16.1. The predicted molar refractivity (Wildman–Crippen MR) is 87.5 cm³/mol. The number of aliphatic imine (C=N–C) groups is 1. The van der Waals surface area contributed by atoms with Gasteiger partial charge in [-0.1, -0.05) is 0 Å². The molecule has 0 saturated heterocycles. The molecule has 2 aromatic heterocycles. The molecule has 1 aliphatic heterocycles. The molecule has 0 fully saturated rings. The lowest BCUT2D eigenvalue weighted by atomic mass is 9.99. The molecular weight excluding hydrogens is 353 g/mol. The maximum atomic E-state index is 13.2. The lowest BCUT2D eigenvalue weighted by molar-refractivity contribution is -0.137. The van der Waals surface area contributed by atoms with Gasteiger partial charge in [-0.05, 0) is 17.7 Å². The fourth-order valence-electron chi connectivity index (χ4n) is 2.97.